The number of rotatable bonds is 5. The fraction of sp³-hybridized carbons (Fsp3) is 0.0556. The van der Waals surface area contributed by atoms with E-state index in [2.05, 4.69) is 10.3 Å². The van der Waals surface area contributed by atoms with Gasteiger partial charge in [0.1, 0.15) is 5.82 Å². The van der Waals surface area contributed by atoms with Gasteiger partial charge in [-0.15, -0.1) is 11.3 Å². The molecule has 0 aliphatic rings. The lowest BCUT2D eigenvalue weighted by atomic mass is 10.2. The van der Waals surface area contributed by atoms with Crippen LogP contribution in [0.1, 0.15) is 10.4 Å². The second-order valence-corrected chi connectivity index (χ2v) is 6.70. The molecule has 0 unspecified atom stereocenters. The summed E-state index contributed by atoms with van der Waals surface area (Å²) in [7, 11) is 0. The van der Waals surface area contributed by atoms with Crippen molar-refractivity contribution in [1.82, 2.24) is 4.98 Å². The average molecular weight is 406 g/mol. The van der Waals surface area contributed by atoms with Crippen LogP contribution in [0.3, 0.4) is 0 Å². The lowest BCUT2D eigenvalue weighted by Gasteiger charge is -2.07. The molecule has 0 spiro atoms. The Morgan fingerprint density at radius 1 is 1.22 bits per heavy atom. The summed E-state index contributed by atoms with van der Waals surface area (Å²) >= 11 is 6.97. The monoisotopic (exact) mass is 405 g/mol. The number of nitrogens with one attached hydrogen (secondary N) is 1. The zero-order valence-electron chi connectivity index (χ0n) is 13.7. The van der Waals surface area contributed by atoms with Crippen molar-refractivity contribution in [2.45, 2.75) is 0 Å². The Hall–Kier alpha value is -2.97. The van der Waals surface area contributed by atoms with Crippen LogP contribution < -0.4 is 11.1 Å². The fourth-order valence-corrected chi connectivity index (χ4v) is 3.08. The topological polar surface area (TPSA) is 94.3 Å². The molecule has 0 saturated heterocycles. The maximum atomic E-state index is 13.0. The number of nitrogen functional groups attached to an aromatic ring is 1. The molecular weight excluding hydrogens is 393 g/mol. The van der Waals surface area contributed by atoms with Crippen LogP contribution in [0.15, 0.2) is 47.8 Å². The normalized spacial score (nSPS) is 10.4. The molecule has 3 N–H and O–H groups in total. The highest BCUT2D eigenvalue weighted by molar-refractivity contribution is 7.14. The van der Waals surface area contributed by atoms with Gasteiger partial charge >= 0.3 is 5.97 Å². The summed E-state index contributed by atoms with van der Waals surface area (Å²) in [5, 5.41) is 4.99. The highest BCUT2D eigenvalue weighted by Gasteiger charge is 2.14. The van der Waals surface area contributed by atoms with Gasteiger partial charge < -0.3 is 10.5 Å². The third kappa shape index (κ3) is 4.81. The van der Waals surface area contributed by atoms with Crippen molar-refractivity contribution in [2.24, 2.45) is 0 Å². The Morgan fingerprint density at radius 3 is 2.67 bits per heavy atom. The molecule has 9 heteroatoms. The van der Waals surface area contributed by atoms with Gasteiger partial charge in [-0.25, -0.2) is 14.2 Å². The van der Waals surface area contributed by atoms with Gasteiger partial charge in [0.05, 0.1) is 11.3 Å². The van der Waals surface area contributed by atoms with Gasteiger partial charge in [0.15, 0.2) is 11.7 Å². The van der Waals surface area contributed by atoms with Gasteiger partial charge in [-0.05, 0) is 42.5 Å². The number of carbonyl (C=O) groups excluding carboxylic acids is 2. The number of hydrogen-bond donors (Lipinski definition) is 2. The molecule has 1 heterocycles. The van der Waals surface area contributed by atoms with Gasteiger partial charge in [-0.2, -0.15) is 0 Å². The van der Waals surface area contributed by atoms with Crippen LogP contribution in [0, 0.1) is 5.82 Å². The molecule has 27 heavy (non-hydrogen) atoms. The number of nitrogens with two attached hydrogens (primary N) is 1. The number of hydrogen-bond acceptors (Lipinski definition) is 6. The number of carbonyl (C=O) groups is 2. The van der Waals surface area contributed by atoms with Crippen LogP contribution in [0.2, 0.25) is 5.02 Å². The highest BCUT2D eigenvalue weighted by Crippen LogP contribution is 2.25. The molecule has 138 valence electrons. The van der Waals surface area contributed by atoms with E-state index in [9.17, 15) is 14.0 Å². The van der Waals surface area contributed by atoms with Crippen LogP contribution >= 0.6 is 22.9 Å². The highest BCUT2D eigenvalue weighted by atomic mass is 35.5. The summed E-state index contributed by atoms with van der Waals surface area (Å²) < 4.78 is 17.9. The summed E-state index contributed by atoms with van der Waals surface area (Å²) in [5.41, 5.74) is 7.31. The molecule has 1 aromatic heterocycles. The van der Waals surface area contributed by atoms with Crippen LogP contribution in [-0.4, -0.2) is 23.5 Å². The van der Waals surface area contributed by atoms with Crippen molar-refractivity contribution >= 4 is 45.6 Å². The van der Waals surface area contributed by atoms with E-state index in [1.807, 2.05) is 0 Å². The maximum Gasteiger partial charge on any atom is 0.340 e. The van der Waals surface area contributed by atoms with Crippen molar-refractivity contribution in [3.8, 4) is 11.3 Å². The molecule has 0 fully saturated rings. The quantitative estimate of drug-likeness (QED) is 0.494. The molecule has 3 aromatic rings. The second-order valence-electron chi connectivity index (χ2n) is 5.40. The minimum Gasteiger partial charge on any atom is -0.452 e. The zero-order chi connectivity index (χ0) is 19.4. The van der Waals surface area contributed by atoms with Crippen LogP contribution in [-0.2, 0) is 9.53 Å². The van der Waals surface area contributed by atoms with Crippen molar-refractivity contribution in [2.75, 3.05) is 17.7 Å². The summed E-state index contributed by atoms with van der Waals surface area (Å²) in [6, 6.07) is 10.2. The van der Waals surface area contributed by atoms with Crippen molar-refractivity contribution in [3.63, 3.8) is 0 Å². The number of ether oxygens (including phenoxy) is 1. The summed E-state index contributed by atoms with van der Waals surface area (Å²) in [6.07, 6.45) is 0. The first-order valence-electron chi connectivity index (χ1n) is 7.66. The molecule has 2 aromatic carbocycles. The molecule has 0 aliphatic heterocycles. The Balaban J connectivity index is 1.56. The van der Waals surface area contributed by atoms with E-state index in [0.29, 0.717) is 15.8 Å². The lowest BCUT2D eigenvalue weighted by Crippen LogP contribution is -2.21. The number of nitrogens with zero attached hydrogens (tertiary/aromatic N) is 1. The SMILES string of the molecule is Nc1cc(Cl)ccc1C(=O)OCC(=O)Nc1nc(-c2ccc(F)cc2)cs1. The van der Waals surface area contributed by atoms with Gasteiger partial charge in [0.2, 0.25) is 0 Å². The third-order valence-corrected chi connectivity index (χ3v) is 4.45. The first-order chi connectivity index (χ1) is 12.9. The Kier molecular flexibility index (Phi) is 5.68. The number of benzene rings is 2. The van der Waals surface area contributed by atoms with E-state index < -0.39 is 18.5 Å². The van der Waals surface area contributed by atoms with Gasteiger partial charge in [-0.3, -0.25) is 10.1 Å². The second kappa shape index (κ2) is 8.15. The Morgan fingerprint density at radius 2 is 1.96 bits per heavy atom. The predicted molar refractivity (Wildman–Crippen MR) is 102 cm³/mol. The maximum absolute atomic E-state index is 13.0. The number of amides is 1. The molecule has 0 aliphatic carbocycles. The van der Waals surface area contributed by atoms with Crippen molar-refractivity contribution in [3.05, 3.63) is 64.2 Å². The summed E-state index contributed by atoms with van der Waals surface area (Å²) in [5.74, 6) is -1.62. The molecule has 1 amide bonds. The molecular formula is C18H13ClFN3O3S. The van der Waals surface area contributed by atoms with E-state index in [1.54, 1.807) is 17.5 Å². The number of aromatic nitrogens is 1. The van der Waals surface area contributed by atoms with E-state index in [1.165, 1.54) is 41.7 Å². The first-order valence-corrected chi connectivity index (χ1v) is 8.91. The molecule has 0 bridgehead atoms. The number of esters is 1. The van der Waals surface area contributed by atoms with E-state index in [0.717, 1.165) is 5.56 Å². The van der Waals surface area contributed by atoms with Gasteiger partial charge in [0.25, 0.3) is 5.91 Å². The smallest absolute Gasteiger partial charge is 0.340 e. The summed E-state index contributed by atoms with van der Waals surface area (Å²) in [6.45, 7) is -0.494. The minimum absolute atomic E-state index is 0.125. The molecule has 6 nitrogen and oxygen atoms in total. The first kappa shape index (κ1) is 18.8. The number of anilines is 2. The molecule has 0 atom stereocenters. The zero-order valence-corrected chi connectivity index (χ0v) is 15.3. The minimum atomic E-state index is -0.731. The van der Waals surface area contributed by atoms with Gasteiger partial charge in [-0.1, -0.05) is 11.6 Å². The fourth-order valence-electron chi connectivity index (χ4n) is 2.17. The Labute approximate surface area is 162 Å². The van der Waals surface area contributed by atoms with E-state index in [4.69, 9.17) is 22.1 Å². The van der Waals surface area contributed by atoms with Crippen LogP contribution in [0.4, 0.5) is 15.2 Å². The summed E-state index contributed by atoms with van der Waals surface area (Å²) in [4.78, 5) is 28.2. The Bertz CT molecular complexity index is 992. The largest absolute Gasteiger partial charge is 0.452 e. The average Bonchev–Trinajstić information content (AvgIpc) is 3.08. The predicted octanol–water partition coefficient (Wildman–Crippen LogP) is 3.98. The van der Waals surface area contributed by atoms with Crippen LogP contribution in [0.5, 0.6) is 0 Å². The van der Waals surface area contributed by atoms with Crippen molar-refractivity contribution in [1.29, 1.82) is 0 Å². The van der Waals surface area contributed by atoms with E-state index in [-0.39, 0.29) is 17.1 Å². The van der Waals surface area contributed by atoms with Gasteiger partial charge in [0, 0.05) is 21.7 Å². The number of thiazole rings is 1. The standard InChI is InChI=1S/C18H13ClFN3O3S/c19-11-3-6-13(14(21)7-11)17(25)26-8-16(24)23-18-22-15(9-27-18)10-1-4-12(20)5-2-10/h1-7,9H,8,21H2,(H,22,23,24). The van der Waals surface area contributed by atoms with Crippen molar-refractivity contribution < 1.29 is 18.7 Å². The third-order valence-electron chi connectivity index (χ3n) is 3.46. The van der Waals surface area contributed by atoms with E-state index >= 15 is 0 Å². The van der Waals surface area contributed by atoms with Crippen LogP contribution in [0.25, 0.3) is 11.3 Å². The lowest BCUT2D eigenvalue weighted by molar-refractivity contribution is -0.119. The number of halogens is 2. The molecule has 0 saturated carbocycles. The molecule has 3 rings (SSSR count). The molecule has 0 radical (unpaired) electrons.